The van der Waals surface area contributed by atoms with Crippen molar-refractivity contribution in [2.45, 2.75) is 20.5 Å². The summed E-state index contributed by atoms with van der Waals surface area (Å²) in [5.41, 5.74) is 4.47. The standard InChI is InChI=1S/C28H24I2N2O5S/c1-16-4-9-21(10-17(16)2)31-25(33)14-32-27(34)24(38-28(32)35)13-19-11-22(30)26(23(12-19)36-3)37-15-18-5-7-20(29)8-6-18/h4-13H,14-15H2,1-3H3,(H,31,33)/b24-13+. The molecule has 1 saturated heterocycles. The van der Waals surface area contributed by atoms with Gasteiger partial charge in [-0.2, -0.15) is 0 Å². The molecule has 0 aliphatic carbocycles. The van der Waals surface area contributed by atoms with Crippen molar-refractivity contribution >= 4 is 85.8 Å². The van der Waals surface area contributed by atoms with Crippen molar-refractivity contribution < 1.29 is 23.9 Å². The molecule has 1 aliphatic heterocycles. The number of rotatable bonds is 8. The summed E-state index contributed by atoms with van der Waals surface area (Å²) in [5, 5.41) is 2.26. The third kappa shape index (κ3) is 6.89. The zero-order valence-corrected chi connectivity index (χ0v) is 26.0. The number of hydrogen-bond acceptors (Lipinski definition) is 6. The van der Waals surface area contributed by atoms with Gasteiger partial charge in [-0.05, 0) is 136 Å². The predicted molar refractivity (Wildman–Crippen MR) is 166 cm³/mol. The Morgan fingerprint density at radius 2 is 1.76 bits per heavy atom. The number of nitrogens with one attached hydrogen (secondary N) is 1. The van der Waals surface area contributed by atoms with E-state index in [9.17, 15) is 14.4 Å². The van der Waals surface area contributed by atoms with Crippen LogP contribution in [0.1, 0.15) is 22.3 Å². The first kappa shape index (κ1) is 28.4. The molecule has 1 aliphatic rings. The summed E-state index contributed by atoms with van der Waals surface area (Å²) in [6, 6.07) is 17.2. The Labute approximate surface area is 252 Å². The zero-order valence-electron chi connectivity index (χ0n) is 20.8. The van der Waals surface area contributed by atoms with Crippen LogP contribution in [0.2, 0.25) is 0 Å². The molecule has 0 bridgehead atoms. The minimum Gasteiger partial charge on any atom is -0.493 e. The third-order valence-corrected chi connectivity index (χ3v) is 8.24. The van der Waals surface area contributed by atoms with E-state index in [1.807, 2.05) is 56.3 Å². The van der Waals surface area contributed by atoms with Crippen molar-refractivity contribution in [2.75, 3.05) is 19.0 Å². The Balaban J connectivity index is 1.46. The molecular weight excluding hydrogens is 730 g/mol. The maximum absolute atomic E-state index is 13.0. The van der Waals surface area contributed by atoms with Gasteiger partial charge in [0, 0.05) is 9.26 Å². The highest BCUT2D eigenvalue weighted by Crippen LogP contribution is 2.37. The number of methoxy groups -OCH3 is 1. The molecule has 1 heterocycles. The summed E-state index contributed by atoms with van der Waals surface area (Å²) >= 11 is 5.22. The number of anilines is 1. The first-order valence-corrected chi connectivity index (χ1v) is 14.5. The molecule has 0 spiro atoms. The highest BCUT2D eigenvalue weighted by Gasteiger charge is 2.36. The minimum atomic E-state index is -0.511. The van der Waals surface area contributed by atoms with Gasteiger partial charge in [0.15, 0.2) is 11.5 Å². The van der Waals surface area contributed by atoms with Gasteiger partial charge < -0.3 is 14.8 Å². The summed E-state index contributed by atoms with van der Waals surface area (Å²) in [6.45, 7) is 3.95. The van der Waals surface area contributed by atoms with Crippen molar-refractivity contribution in [2.24, 2.45) is 0 Å². The number of carbonyl (C=O) groups is 3. The lowest BCUT2D eigenvalue weighted by Crippen LogP contribution is -2.36. The average molecular weight is 754 g/mol. The molecule has 10 heteroatoms. The lowest BCUT2D eigenvalue weighted by molar-refractivity contribution is -0.127. The van der Waals surface area contributed by atoms with Crippen LogP contribution in [-0.2, 0) is 16.2 Å². The first-order chi connectivity index (χ1) is 18.1. The third-order valence-electron chi connectivity index (χ3n) is 5.81. The quantitative estimate of drug-likeness (QED) is 0.202. The van der Waals surface area contributed by atoms with E-state index in [1.54, 1.807) is 25.3 Å². The van der Waals surface area contributed by atoms with Crippen LogP contribution in [0.5, 0.6) is 11.5 Å². The van der Waals surface area contributed by atoms with Gasteiger partial charge in [0.1, 0.15) is 13.2 Å². The van der Waals surface area contributed by atoms with E-state index in [0.29, 0.717) is 29.4 Å². The molecule has 0 radical (unpaired) electrons. The van der Waals surface area contributed by atoms with Crippen molar-refractivity contribution in [3.63, 3.8) is 0 Å². The topological polar surface area (TPSA) is 84.9 Å². The fourth-order valence-electron chi connectivity index (χ4n) is 3.65. The minimum absolute atomic E-state index is 0.236. The molecule has 4 rings (SSSR count). The predicted octanol–water partition coefficient (Wildman–Crippen LogP) is 6.78. The van der Waals surface area contributed by atoms with Crippen LogP contribution in [0.15, 0.2) is 59.5 Å². The highest BCUT2D eigenvalue weighted by molar-refractivity contribution is 14.1. The summed E-state index contributed by atoms with van der Waals surface area (Å²) < 4.78 is 13.5. The van der Waals surface area contributed by atoms with Gasteiger partial charge in [0.2, 0.25) is 5.91 Å². The van der Waals surface area contributed by atoms with Crippen LogP contribution < -0.4 is 14.8 Å². The molecule has 0 atom stereocenters. The Morgan fingerprint density at radius 1 is 1.03 bits per heavy atom. The maximum Gasteiger partial charge on any atom is 0.294 e. The van der Waals surface area contributed by atoms with Gasteiger partial charge in [-0.1, -0.05) is 18.2 Å². The Bertz CT molecular complexity index is 1440. The molecule has 196 valence electrons. The summed E-state index contributed by atoms with van der Waals surface area (Å²) in [4.78, 5) is 39.3. The molecular formula is C28H24I2N2O5S. The molecule has 7 nitrogen and oxygen atoms in total. The van der Waals surface area contributed by atoms with Crippen LogP contribution in [-0.4, -0.2) is 35.6 Å². The van der Waals surface area contributed by atoms with E-state index in [4.69, 9.17) is 9.47 Å². The number of nitrogens with zero attached hydrogens (tertiary/aromatic N) is 1. The number of ether oxygens (including phenoxy) is 2. The first-order valence-electron chi connectivity index (χ1n) is 11.5. The average Bonchev–Trinajstić information content (AvgIpc) is 3.13. The van der Waals surface area contributed by atoms with Gasteiger partial charge in [-0.15, -0.1) is 0 Å². The van der Waals surface area contributed by atoms with E-state index in [2.05, 4.69) is 50.5 Å². The van der Waals surface area contributed by atoms with Crippen molar-refractivity contribution in [1.29, 1.82) is 0 Å². The van der Waals surface area contributed by atoms with Crippen LogP contribution >= 0.6 is 56.9 Å². The zero-order chi connectivity index (χ0) is 27.4. The molecule has 0 saturated carbocycles. The molecule has 1 N–H and O–H groups in total. The van der Waals surface area contributed by atoms with Gasteiger partial charge in [-0.25, -0.2) is 0 Å². The number of carbonyl (C=O) groups excluding carboxylic acids is 3. The van der Waals surface area contributed by atoms with Gasteiger partial charge in [0.05, 0.1) is 15.6 Å². The van der Waals surface area contributed by atoms with E-state index in [-0.39, 0.29) is 11.4 Å². The van der Waals surface area contributed by atoms with Gasteiger partial charge in [-0.3, -0.25) is 19.3 Å². The Kier molecular flexibility index (Phi) is 9.36. The van der Waals surface area contributed by atoms with Crippen LogP contribution in [0.3, 0.4) is 0 Å². The number of amides is 3. The molecule has 0 aromatic heterocycles. The molecule has 38 heavy (non-hydrogen) atoms. The Hall–Kier alpha value is -2.58. The summed E-state index contributed by atoms with van der Waals surface area (Å²) in [5.74, 6) is 0.159. The SMILES string of the molecule is COc1cc(/C=C2/SC(=O)N(CC(=O)Nc3ccc(C)c(C)c3)C2=O)cc(I)c1OCc1ccc(I)cc1. The number of thioether (sulfide) groups is 1. The molecule has 3 aromatic carbocycles. The van der Waals surface area contributed by atoms with E-state index in [0.717, 1.165) is 40.5 Å². The van der Waals surface area contributed by atoms with E-state index in [1.165, 1.54) is 0 Å². The lowest BCUT2D eigenvalue weighted by Gasteiger charge is -2.14. The smallest absolute Gasteiger partial charge is 0.294 e. The largest absolute Gasteiger partial charge is 0.493 e. The van der Waals surface area contributed by atoms with Crippen LogP contribution in [0, 0.1) is 21.0 Å². The highest BCUT2D eigenvalue weighted by atomic mass is 127. The van der Waals surface area contributed by atoms with Gasteiger partial charge >= 0.3 is 0 Å². The number of imide groups is 1. The fourth-order valence-corrected chi connectivity index (χ4v) is 5.63. The maximum atomic E-state index is 13.0. The summed E-state index contributed by atoms with van der Waals surface area (Å²) in [7, 11) is 1.55. The second-order valence-corrected chi connectivity index (χ2v) is 12.0. The summed E-state index contributed by atoms with van der Waals surface area (Å²) in [6.07, 6.45) is 1.62. The fraction of sp³-hybridized carbons (Fsp3) is 0.179. The second-order valence-electron chi connectivity index (χ2n) is 8.56. The molecule has 3 amide bonds. The van der Waals surface area contributed by atoms with Crippen molar-refractivity contribution in [3.05, 3.63) is 88.9 Å². The Morgan fingerprint density at radius 3 is 2.45 bits per heavy atom. The number of benzene rings is 3. The second kappa shape index (κ2) is 12.5. The number of aryl methyl sites for hydroxylation is 2. The van der Waals surface area contributed by atoms with Crippen molar-refractivity contribution in [3.8, 4) is 11.5 Å². The lowest BCUT2D eigenvalue weighted by atomic mass is 10.1. The van der Waals surface area contributed by atoms with Crippen LogP contribution in [0.25, 0.3) is 6.08 Å². The molecule has 1 fully saturated rings. The van der Waals surface area contributed by atoms with Crippen molar-refractivity contribution in [1.82, 2.24) is 4.90 Å². The normalized spacial score (nSPS) is 14.2. The number of halogens is 2. The molecule has 0 unspecified atom stereocenters. The number of hydrogen-bond donors (Lipinski definition) is 1. The van der Waals surface area contributed by atoms with Gasteiger partial charge in [0.25, 0.3) is 11.1 Å². The van der Waals surface area contributed by atoms with E-state index < -0.39 is 17.1 Å². The monoisotopic (exact) mass is 754 g/mol. The van der Waals surface area contributed by atoms with Crippen LogP contribution in [0.4, 0.5) is 10.5 Å². The molecule has 3 aromatic rings. The van der Waals surface area contributed by atoms with E-state index >= 15 is 0 Å².